The second kappa shape index (κ2) is 8.29. The van der Waals surface area contributed by atoms with Crippen LogP contribution in [-0.2, 0) is 7.05 Å². The molecule has 0 fully saturated rings. The van der Waals surface area contributed by atoms with Crippen LogP contribution >= 0.6 is 0 Å². The van der Waals surface area contributed by atoms with Crippen molar-refractivity contribution in [3.63, 3.8) is 0 Å². The lowest BCUT2D eigenvalue weighted by atomic mass is 9.98. The van der Waals surface area contributed by atoms with Gasteiger partial charge < -0.3 is 26.4 Å². The fourth-order valence-corrected chi connectivity index (χ4v) is 4.41. The summed E-state index contributed by atoms with van der Waals surface area (Å²) in [6, 6.07) is 27.9. The SMILES string of the molecule is Cn1c2ccc(-c3cccc(/C(N)=N/O)c3)cc2c2cc(-c3cccc(/C(N)=N/O)c3)ccc21. The molecule has 0 saturated carbocycles. The van der Waals surface area contributed by atoms with Gasteiger partial charge in [-0.25, -0.2) is 0 Å². The zero-order chi connectivity index (χ0) is 23.8. The minimum Gasteiger partial charge on any atom is -0.409 e. The van der Waals surface area contributed by atoms with Crippen LogP contribution in [0.15, 0.2) is 95.2 Å². The van der Waals surface area contributed by atoms with Gasteiger partial charge in [0, 0.05) is 40.0 Å². The maximum Gasteiger partial charge on any atom is 0.170 e. The van der Waals surface area contributed by atoms with Gasteiger partial charge >= 0.3 is 0 Å². The Hall–Kier alpha value is -4.78. The Kier molecular flexibility index (Phi) is 5.14. The Labute approximate surface area is 195 Å². The summed E-state index contributed by atoms with van der Waals surface area (Å²) in [5.41, 5.74) is 19.2. The number of hydrogen-bond acceptors (Lipinski definition) is 4. The number of aromatic nitrogens is 1. The maximum absolute atomic E-state index is 9.03. The summed E-state index contributed by atoms with van der Waals surface area (Å²) in [6.07, 6.45) is 0. The first kappa shape index (κ1) is 21.1. The van der Waals surface area contributed by atoms with E-state index in [1.54, 1.807) is 0 Å². The number of fused-ring (bicyclic) bond motifs is 3. The van der Waals surface area contributed by atoms with E-state index in [0.29, 0.717) is 11.1 Å². The number of hydrogen-bond donors (Lipinski definition) is 4. The molecule has 0 amide bonds. The predicted molar refractivity (Wildman–Crippen MR) is 136 cm³/mol. The molecular formula is C27H23N5O2. The van der Waals surface area contributed by atoms with Gasteiger partial charge in [-0.1, -0.05) is 58.8 Å². The molecule has 0 bridgehead atoms. The van der Waals surface area contributed by atoms with E-state index in [2.05, 4.69) is 58.3 Å². The number of amidine groups is 2. The third-order valence-corrected chi connectivity index (χ3v) is 6.20. The number of nitrogens with two attached hydrogens (primary N) is 2. The largest absolute Gasteiger partial charge is 0.409 e. The Morgan fingerprint density at radius 2 is 1.03 bits per heavy atom. The molecule has 6 N–H and O–H groups in total. The Bertz CT molecular complexity index is 1500. The van der Waals surface area contributed by atoms with Crippen LogP contribution in [0.25, 0.3) is 44.1 Å². The zero-order valence-electron chi connectivity index (χ0n) is 18.5. The van der Waals surface area contributed by atoms with E-state index in [9.17, 15) is 0 Å². The molecule has 4 aromatic carbocycles. The normalized spacial score (nSPS) is 12.5. The lowest BCUT2D eigenvalue weighted by Crippen LogP contribution is -2.12. The maximum atomic E-state index is 9.03. The molecule has 7 nitrogen and oxygen atoms in total. The number of nitrogens with zero attached hydrogens (tertiary/aromatic N) is 3. The molecule has 7 heteroatoms. The van der Waals surface area contributed by atoms with Crippen LogP contribution in [0.4, 0.5) is 0 Å². The monoisotopic (exact) mass is 449 g/mol. The van der Waals surface area contributed by atoms with E-state index in [1.807, 2.05) is 48.5 Å². The highest BCUT2D eigenvalue weighted by Crippen LogP contribution is 2.35. The molecule has 5 aromatic rings. The van der Waals surface area contributed by atoms with Crippen molar-refractivity contribution in [1.82, 2.24) is 4.57 Å². The highest BCUT2D eigenvalue weighted by Gasteiger charge is 2.12. The van der Waals surface area contributed by atoms with E-state index >= 15 is 0 Å². The molecule has 0 atom stereocenters. The molecule has 168 valence electrons. The fourth-order valence-electron chi connectivity index (χ4n) is 4.41. The lowest BCUT2D eigenvalue weighted by molar-refractivity contribution is 0.318. The third kappa shape index (κ3) is 3.49. The van der Waals surface area contributed by atoms with E-state index in [0.717, 1.165) is 44.1 Å². The van der Waals surface area contributed by atoms with Crippen molar-refractivity contribution < 1.29 is 10.4 Å². The van der Waals surface area contributed by atoms with Gasteiger partial charge in [-0.15, -0.1) is 0 Å². The average Bonchev–Trinajstić information content (AvgIpc) is 3.18. The quantitative estimate of drug-likeness (QED) is 0.135. The average molecular weight is 450 g/mol. The molecule has 1 heterocycles. The van der Waals surface area contributed by atoms with Crippen molar-refractivity contribution in [2.75, 3.05) is 0 Å². The highest BCUT2D eigenvalue weighted by molar-refractivity contribution is 6.10. The highest BCUT2D eigenvalue weighted by atomic mass is 16.4. The molecule has 0 aliphatic rings. The van der Waals surface area contributed by atoms with Gasteiger partial charge in [0.15, 0.2) is 11.7 Å². The topological polar surface area (TPSA) is 122 Å². The minimum absolute atomic E-state index is 0.0758. The van der Waals surface area contributed by atoms with Crippen molar-refractivity contribution in [2.45, 2.75) is 0 Å². The molecule has 0 aliphatic heterocycles. The first-order chi connectivity index (χ1) is 16.5. The number of rotatable bonds is 4. The molecule has 0 radical (unpaired) electrons. The first-order valence-corrected chi connectivity index (χ1v) is 10.7. The summed E-state index contributed by atoms with van der Waals surface area (Å²) in [6.45, 7) is 0. The van der Waals surface area contributed by atoms with Crippen LogP contribution in [0.1, 0.15) is 11.1 Å². The summed E-state index contributed by atoms with van der Waals surface area (Å²) < 4.78 is 2.18. The van der Waals surface area contributed by atoms with Crippen LogP contribution in [0.5, 0.6) is 0 Å². The van der Waals surface area contributed by atoms with Crippen LogP contribution in [0.2, 0.25) is 0 Å². The molecule has 1 aromatic heterocycles. The Balaban J connectivity index is 1.67. The van der Waals surface area contributed by atoms with E-state index < -0.39 is 0 Å². The molecule has 0 aliphatic carbocycles. The summed E-state index contributed by atoms with van der Waals surface area (Å²) in [5.74, 6) is 0.152. The van der Waals surface area contributed by atoms with Crippen molar-refractivity contribution >= 4 is 33.5 Å². The van der Waals surface area contributed by atoms with Crippen LogP contribution in [-0.4, -0.2) is 26.7 Å². The van der Waals surface area contributed by atoms with Crippen LogP contribution in [0, 0.1) is 0 Å². The van der Waals surface area contributed by atoms with Gasteiger partial charge in [0.25, 0.3) is 0 Å². The predicted octanol–water partition coefficient (Wildman–Crippen LogP) is 4.85. The number of oxime groups is 2. The molecule has 0 unspecified atom stereocenters. The Morgan fingerprint density at radius 1 is 0.618 bits per heavy atom. The fraction of sp³-hybridized carbons (Fsp3) is 0.0370. The van der Waals surface area contributed by atoms with E-state index in [4.69, 9.17) is 21.9 Å². The number of aryl methyl sites for hydroxylation is 1. The number of benzene rings is 4. The summed E-state index contributed by atoms with van der Waals surface area (Å²) in [5, 5.41) is 26.5. The van der Waals surface area contributed by atoms with Gasteiger partial charge in [-0.3, -0.25) is 0 Å². The molecular weight excluding hydrogens is 426 g/mol. The third-order valence-electron chi connectivity index (χ3n) is 6.20. The molecule has 5 rings (SSSR count). The summed E-state index contributed by atoms with van der Waals surface area (Å²) in [7, 11) is 2.06. The second-order valence-corrected chi connectivity index (χ2v) is 8.15. The lowest BCUT2D eigenvalue weighted by Gasteiger charge is -2.06. The standard InChI is InChI=1S/C27H23N5O2/c1-32-24-10-8-18(16-4-2-6-20(12-16)26(28)30-33)14-22(24)23-15-19(9-11-25(23)32)17-5-3-7-21(13-17)27(29)31-34/h2-15,33-34H,1H3,(H2,28,30)(H2,29,31). The van der Waals surface area contributed by atoms with Crippen LogP contribution < -0.4 is 11.5 Å². The van der Waals surface area contributed by atoms with Gasteiger partial charge in [-0.05, 0) is 58.7 Å². The van der Waals surface area contributed by atoms with Gasteiger partial charge in [0.2, 0.25) is 0 Å². The minimum atomic E-state index is 0.0758. The van der Waals surface area contributed by atoms with Crippen molar-refractivity contribution in [1.29, 1.82) is 0 Å². The summed E-state index contributed by atoms with van der Waals surface area (Å²) >= 11 is 0. The molecule has 0 saturated heterocycles. The second-order valence-electron chi connectivity index (χ2n) is 8.15. The van der Waals surface area contributed by atoms with Gasteiger partial charge in [0.05, 0.1) is 0 Å². The van der Waals surface area contributed by atoms with Crippen molar-refractivity contribution in [3.05, 3.63) is 96.1 Å². The summed E-state index contributed by atoms with van der Waals surface area (Å²) in [4.78, 5) is 0. The van der Waals surface area contributed by atoms with Gasteiger partial charge in [-0.2, -0.15) is 0 Å². The first-order valence-electron chi connectivity index (χ1n) is 10.7. The zero-order valence-corrected chi connectivity index (χ0v) is 18.5. The Morgan fingerprint density at radius 3 is 1.44 bits per heavy atom. The van der Waals surface area contributed by atoms with Crippen molar-refractivity contribution in [2.24, 2.45) is 28.8 Å². The molecule has 34 heavy (non-hydrogen) atoms. The van der Waals surface area contributed by atoms with Crippen molar-refractivity contribution in [3.8, 4) is 22.3 Å². The van der Waals surface area contributed by atoms with E-state index in [1.165, 1.54) is 0 Å². The van der Waals surface area contributed by atoms with E-state index in [-0.39, 0.29) is 11.7 Å². The molecule has 0 spiro atoms. The van der Waals surface area contributed by atoms with Gasteiger partial charge in [0.1, 0.15) is 0 Å². The van der Waals surface area contributed by atoms with Crippen LogP contribution in [0.3, 0.4) is 0 Å². The smallest absolute Gasteiger partial charge is 0.170 e.